The van der Waals surface area contributed by atoms with E-state index in [9.17, 15) is 9.59 Å². The van der Waals surface area contributed by atoms with Crippen LogP contribution in [0.25, 0.3) is 0 Å². The van der Waals surface area contributed by atoms with Gasteiger partial charge in [-0.3, -0.25) is 9.59 Å². The van der Waals surface area contributed by atoms with E-state index in [1.54, 1.807) is 30.3 Å². The summed E-state index contributed by atoms with van der Waals surface area (Å²) in [5.74, 6) is 3.19. The molecular formula is C21H17BrClNO4S. The van der Waals surface area contributed by atoms with Crippen molar-refractivity contribution in [3.05, 3.63) is 51.5 Å². The summed E-state index contributed by atoms with van der Waals surface area (Å²) < 4.78 is 11.9. The minimum Gasteiger partial charge on any atom is -0.490 e. The molecule has 0 aliphatic carbocycles. The SMILES string of the molecule is C#CCOc1c(Br)cc(C[C@H]2SC(=O)N(c3cccc(Cl)c3)C2=O)cc1OCC. The number of carbonyl (C=O) groups excluding carboxylic acids is 2. The summed E-state index contributed by atoms with van der Waals surface area (Å²) in [4.78, 5) is 26.5. The van der Waals surface area contributed by atoms with E-state index in [0.29, 0.717) is 39.7 Å². The van der Waals surface area contributed by atoms with Gasteiger partial charge < -0.3 is 9.47 Å². The number of benzene rings is 2. The van der Waals surface area contributed by atoms with Crippen molar-refractivity contribution in [2.45, 2.75) is 18.6 Å². The highest BCUT2D eigenvalue weighted by atomic mass is 79.9. The van der Waals surface area contributed by atoms with E-state index in [2.05, 4.69) is 21.9 Å². The van der Waals surface area contributed by atoms with Crippen molar-refractivity contribution in [3.63, 3.8) is 0 Å². The number of terminal acetylenes is 1. The van der Waals surface area contributed by atoms with Gasteiger partial charge >= 0.3 is 0 Å². The number of rotatable bonds is 7. The number of amides is 2. The lowest BCUT2D eigenvalue weighted by molar-refractivity contribution is -0.117. The standard InChI is InChI=1S/C21H17BrClNO4S/c1-3-8-28-19-16(22)9-13(10-17(19)27-4-2)11-18-20(25)24(21(26)29-18)15-7-5-6-14(23)12-15/h1,5-7,9-10,12,18H,4,8,11H2,2H3/t18-/m1/s1. The Bertz CT molecular complexity index is 991. The molecule has 1 aliphatic heterocycles. The van der Waals surface area contributed by atoms with Crippen LogP contribution in [-0.4, -0.2) is 29.6 Å². The average molecular weight is 495 g/mol. The van der Waals surface area contributed by atoms with E-state index in [-0.39, 0.29) is 17.8 Å². The Morgan fingerprint density at radius 3 is 2.76 bits per heavy atom. The fourth-order valence-corrected chi connectivity index (χ4v) is 4.72. The van der Waals surface area contributed by atoms with Gasteiger partial charge in [-0.2, -0.15) is 0 Å². The normalized spacial score (nSPS) is 16.1. The quantitative estimate of drug-likeness (QED) is 0.487. The molecule has 2 amide bonds. The van der Waals surface area contributed by atoms with Crippen molar-refractivity contribution in [1.29, 1.82) is 0 Å². The summed E-state index contributed by atoms with van der Waals surface area (Å²) in [5, 5.41) is -0.398. The van der Waals surface area contributed by atoms with Gasteiger partial charge in [0.15, 0.2) is 11.5 Å². The van der Waals surface area contributed by atoms with Crippen LogP contribution >= 0.6 is 39.3 Å². The van der Waals surface area contributed by atoms with Gasteiger partial charge in [-0.1, -0.05) is 35.3 Å². The molecule has 8 heteroatoms. The van der Waals surface area contributed by atoms with Gasteiger partial charge in [0.25, 0.3) is 5.24 Å². The Morgan fingerprint density at radius 1 is 1.28 bits per heavy atom. The smallest absolute Gasteiger partial charge is 0.293 e. The molecule has 1 fully saturated rings. The highest BCUT2D eigenvalue weighted by molar-refractivity contribution is 9.10. The van der Waals surface area contributed by atoms with Crippen LogP contribution in [0.2, 0.25) is 5.02 Å². The Morgan fingerprint density at radius 2 is 2.07 bits per heavy atom. The number of anilines is 1. The summed E-state index contributed by atoms with van der Waals surface area (Å²) in [5.41, 5.74) is 1.30. The third-order valence-electron chi connectivity index (χ3n) is 4.08. The third-order valence-corrected chi connectivity index (χ3v) is 5.94. The zero-order chi connectivity index (χ0) is 21.0. The second kappa shape index (κ2) is 9.57. The lowest BCUT2D eigenvalue weighted by atomic mass is 10.1. The van der Waals surface area contributed by atoms with E-state index in [4.69, 9.17) is 27.5 Å². The first-order valence-electron chi connectivity index (χ1n) is 8.76. The number of halogens is 2. The molecule has 1 heterocycles. The van der Waals surface area contributed by atoms with E-state index >= 15 is 0 Å². The minimum atomic E-state index is -0.541. The van der Waals surface area contributed by atoms with E-state index < -0.39 is 5.25 Å². The topological polar surface area (TPSA) is 55.8 Å². The van der Waals surface area contributed by atoms with Crippen LogP contribution in [0.3, 0.4) is 0 Å². The molecule has 2 aromatic carbocycles. The average Bonchev–Trinajstić information content (AvgIpc) is 2.94. The van der Waals surface area contributed by atoms with Crippen molar-refractivity contribution in [2.75, 3.05) is 18.1 Å². The number of hydrogen-bond donors (Lipinski definition) is 0. The van der Waals surface area contributed by atoms with Crippen LogP contribution in [0.4, 0.5) is 10.5 Å². The highest BCUT2D eigenvalue weighted by Gasteiger charge is 2.40. The van der Waals surface area contributed by atoms with E-state index in [0.717, 1.165) is 17.3 Å². The maximum absolute atomic E-state index is 12.9. The molecule has 1 atom stereocenters. The summed E-state index contributed by atoms with van der Waals surface area (Å²) in [6, 6.07) is 10.3. The zero-order valence-electron chi connectivity index (χ0n) is 15.5. The monoisotopic (exact) mass is 493 g/mol. The summed E-state index contributed by atoms with van der Waals surface area (Å²) >= 11 is 10.5. The summed E-state index contributed by atoms with van der Waals surface area (Å²) in [6.07, 6.45) is 5.63. The predicted octanol–water partition coefficient (Wildman–Crippen LogP) is 5.32. The second-order valence-corrected chi connectivity index (χ2v) is 8.51. The van der Waals surface area contributed by atoms with Gasteiger partial charge in [-0.25, -0.2) is 4.90 Å². The van der Waals surface area contributed by atoms with Gasteiger partial charge in [0, 0.05) is 5.02 Å². The Hall–Kier alpha value is -2.14. The van der Waals surface area contributed by atoms with E-state index in [1.165, 1.54) is 4.90 Å². The maximum Gasteiger partial charge on any atom is 0.293 e. The van der Waals surface area contributed by atoms with Crippen molar-refractivity contribution in [2.24, 2.45) is 0 Å². The first kappa shape index (κ1) is 21.6. The van der Waals surface area contributed by atoms with E-state index in [1.807, 2.05) is 13.0 Å². The number of hydrogen-bond acceptors (Lipinski definition) is 5. The molecule has 0 unspecified atom stereocenters. The van der Waals surface area contributed by atoms with Crippen molar-refractivity contribution in [3.8, 4) is 23.8 Å². The first-order chi connectivity index (χ1) is 13.9. The van der Waals surface area contributed by atoms with Gasteiger partial charge in [0.05, 0.1) is 22.0 Å². The van der Waals surface area contributed by atoms with Gasteiger partial charge in [0.1, 0.15) is 6.61 Å². The Labute approximate surface area is 186 Å². The van der Waals surface area contributed by atoms with Gasteiger partial charge in [-0.05, 0) is 65.2 Å². The molecule has 0 radical (unpaired) electrons. The van der Waals surface area contributed by atoms with Gasteiger partial charge in [-0.15, -0.1) is 6.42 Å². The minimum absolute atomic E-state index is 0.109. The fraction of sp³-hybridized carbons (Fsp3) is 0.238. The molecule has 1 saturated heterocycles. The Kier molecular flexibility index (Phi) is 7.12. The number of imide groups is 1. The predicted molar refractivity (Wildman–Crippen MR) is 119 cm³/mol. The molecule has 0 spiro atoms. The Balaban J connectivity index is 1.83. The zero-order valence-corrected chi connectivity index (χ0v) is 18.6. The third kappa shape index (κ3) is 4.89. The molecule has 29 heavy (non-hydrogen) atoms. The molecule has 0 aromatic heterocycles. The van der Waals surface area contributed by atoms with Crippen LogP contribution < -0.4 is 14.4 Å². The second-order valence-electron chi connectivity index (χ2n) is 6.06. The van der Waals surface area contributed by atoms with Crippen LogP contribution in [0.1, 0.15) is 12.5 Å². The summed E-state index contributed by atoms with van der Waals surface area (Å²) in [7, 11) is 0. The molecule has 0 N–H and O–H groups in total. The van der Waals surface area contributed by atoms with Crippen molar-refractivity contribution >= 4 is 56.1 Å². The summed E-state index contributed by atoms with van der Waals surface area (Å²) in [6.45, 7) is 2.42. The molecule has 0 saturated carbocycles. The molecule has 150 valence electrons. The lowest BCUT2D eigenvalue weighted by Gasteiger charge is -2.16. The number of carbonyl (C=O) groups is 2. The number of nitrogens with zero attached hydrogens (tertiary/aromatic N) is 1. The van der Waals surface area contributed by atoms with Crippen molar-refractivity contribution < 1.29 is 19.1 Å². The highest BCUT2D eigenvalue weighted by Crippen LogP contribution is 2.39. The van der Waals surface area contributed by atoms with Crippen LogP contribution in [0, 0.1) is 12.3 Å². The lowest BCUT2D eigenvalue weighted by Crippen LogP contribution is -2.32. The van der Waals surface area contributed by atoms with Gasteiger partial charge in [0.2, 0.25) is 5.91 Å². The first-order valence-corrected chi connectivity index (χ1v) is 10.8. The molecule has 2 aromatic rings. The molecule has 5 nitrogen and oxygen atoms in total. The maximum atomic E-state index is 12.9. The number of thioether (sulfide) groups is 1. The largest absolute Gasteiger partial charge is 0.490 e. The van der Waals surface area contributed by atoms with Crippen molar-refractivity contribution in [1.82, 2.24) is 0 Å². The van der Waals surface area contributed by atoms with Crippen LogP contribution in [0.15, 0.2) is 40.9 Å². The molecule has 1 aliphatic rings. The molecule has 3 rings (SSSR count). The molecule has 0 bridgehead atoms. The molecular weight excluding hydrogens is 478 g/mol. The van der Waals surface area contributed by atoms with Crippen LogP contribution in [-0.2, 0) is 11.2 Å². The number of ether oxygens (including phenoxy) is 2. The fourth-order valence-electron chi connectivity index (χ4n) is 2.91. The van der Waals surface area contributed by atoms with Crippen LogP contribution in [0.5, 0.6) is 11.5 Å².